The lowest BCUT2D eigenvalue weighted by Crippen LogP contribution is -2.52. The Bertz CT molecular complexity index is 938. The van der Waals surface area contributed by atoms with E-state index in [1.54, 1.807) is 4.90 Å². The molecule has 0 spiro atoms. The molecular formula is C21H29N3O7S. The van der Waals surface area contributed by atoms with Crippen molar-refractivity contribution in [3.05, 3.63) is 35.9 Å². The quantitative estimate of drug-likeness (QED) is 0.550. The van der Waals surface area contributed by atoms with Crippen LogP contribution in [-0.4, -0.2) is 73.2 Å². The molecule has 32 heavy (non-hydrogen) atoms. The van der Waals surface area contributed by atoms with Gasteiger partial charge in [0.1, 0.15) is 22.5 Å². The van der Waals surface area contributed by atoms with E-state index in [2.05, 4.69) is 10.6 Å². The Hall–Kier alpha value is -2.82. The number of nitrogens with zero attached hydrogens (tertiary/aromatic N) is 1. The summed E-state index contributed by atoms with van der Waals surface area (Å²) in [6, 6.07) is 7.78. The number of nitrogens with one attached hydrogen (secondary N) is 2. The first kappa shape index (κ1) is 23.8. The third-order valence-electron chi connectivity index (χ3n) is 5.93. The van der Waals surface area contributed by atoms with Crippen molar-refractivity contribution in [1.82, 2.24) is 15.5 Å². The molecular weight excluding hydrogens is 438 g/mol. The molecule has 1 saturated heterocycles. The Morgan fingerprint density at radius 2 is 1.88 bits per heavy atom. The molecule has 1 aliphatic heterocycles. The monoisotopic (exact) mass is 467 g/mol. The summed E-state index contributed by atoms with van der Waals surface area (Å²) in [5.74, 6) is -0.783. The number of hydrogen-bond donors (Lipinski definition) is 3. The maximum absolute atomic E-state index is 13.0. The van der Waals surface area contributed by atoms with Crippen LogP contribution in [0.15, 0.2) is 30.3 Å². The lowest BCUT2D eigenvalue weighted by Gasteiger charge is -2.40. The first-order valence-corrected chi connectivity index (χ1v) is 12.6. The van der Waals surface area contributed by atoms with Crippen molar-refractivity contribution in [2.75, 3.05) is 18.6 Å². The van der Waals surface area contributed by atoms with Crippen molar-refractivity contribution >= 4 is 27.9 Å². The van der Waals surface area contributed by atoms with Crippen molar-refractivity contribution in [1.29, 1.82) is 0 Å². The molecule has 4 atom stereocenters. The van der Waals surface area contributed by atoms with E-state index in [9.17, 15) is 22.8 Å². The molecule has 3 N–H and O–H groups in total. The number of rotatable bonds is 7. The molecule has 2 fully saturated rings. The molecule has 3 rings (SSSR count). The number of alkyl carbamates (subject to hydrolysis) is 1. The van der Waals surface area contributed by atoms with Gasteiger partial charge < -0.3 is 25.4 Å². The zero-order chi connectivity index (χ0) is 23.3. The van der Waals surface area contributed by atoms with Crippen molar-refractivity contribution in [3.8, 4) is 0 Å². The summed E-state index contributed by atoms with van der Waals surface area (Å²) in [5, 5.41) is 14.0. The van der Waals surface area contributed by atoms with Crippen LogP contribution in [0.1, 0.15) is 31.2 Å². The van der Waals surface area contributed by atoms with Crippen LogP contribution in [-0.2, 0) is 26.0 Å². The van der Waals surface area contributed by atoms with E-state index in [4.69, 9.17) is 9.84 Å². The van der Waals surface area contributed by atoms with Gasteiger partial charge in [0.25, 0.3) is 0 Å². The molecule has 0 bridgehead atoms. The molecule has 1 heterocycles. The van der Waals surface area contributed by atoms with Crippen molar-refractivity contribution in [3.63, 3.8) is 0 Å². The molecule has 1 aromatic carbocycles. The molecule has 0 radical (unpaired) electrons. The van der Waals surface area contributed by atoms with E-state index in [0.717, 1.165) is 11.8 Å². The fourth-order valence-electron chi connectivity index (χ4n) is 4.60. The predicted octanol–water partition coefficient (Wildman–Crippen LogP) is 1.36. The van der Waals surface area contributed by atoms with Crippen LogP contribution < -0.4 is 10.6 Å². The van der Waals surface area contributed by atoms with Crippen LogP contribution in [0.3, 0.4) is 0 Å². The van der Waals surface area contributed by atoms with Gasteiger partial charge in [-0.15, -0.1) is 0 Å². The minimum Gasteiger partial charge on any atom is -0.465 e. The van der Waals surface area contributed by atoms with Gasteiger partial charge in [-0.25, -0.2) is 18.0 Å². The molecule has 10 nitrogen and oxygen atoms in total. The van der Waals surface area contributed by atoms with Crippen LogP contribution >= 0.6 is 0 Å². The molecule has 1 saturated carbocycles. The first-order chi connectivity index (χ1) is 15.1. The SMILES string of the molecule is CS(=O)(=O)C[C@@H]1CC(NC(=O)O)CC[C@@H]1N1CCC(NC(=O)OCc2ccccc2)C1=O. The fourth-order valence-corrected chi connectivity index (χ4v) is 5.74. The van der Waals surface area contributed by atoms with Gasteiger partial charge in [-0.1, -0.05) is 30.3 Å². The number of sulfone groups is 1. The average molecular weight is 468 g/mol. The highest BCUT2D eigenvalue weighted by Crippen LogP contribution is 2.32. The summed E-state index contributed by atoms with van der Waals surface area (Å²) in [7, 11) is -3.32. The van der Waals surface area contributed by atoms with E-state index >= 15 is 0 Å². The summed E-state index contributed by atoms with van der Waals surface area (Å²) in [5.41, 5.74) is 0.831. The van der Waals surface area contributed by atoms with E-state index in [1.807, 2.05) is 30.3 Å². The van der Waals surface area contributed by atoms with Crippen LogP contribution in [0.25, 0.3) is 0 Å². The maximum atomic E-state index is 13.0. The largest absolute Gasteiger partial charge is 0.465 e. The smallest absolute Gasteiger partial charge is 0.408 e. The van der Waals surface area contributed by atoms with Crippen molar-refractivity contribution in [2.45, 2.75) is 50.4 Å². The van der Waals surface area contributed by atoms with Crippen molar-refractivity contribution in [2.24, 2.45) is 5.92 Å². The zero-order valence-electron chi connectivity index (χ0n) is 17.9. The Morgan fingerprint density at radius 3 is 2.53 bits per heavy atom. The summed E-state index contributed by atoms with van der Waals surface area (Å²) < 4.78 is 29.1. The van der Waals surface area contributed by atoms with Gasteiger partial charge in [0, 0.05) is 24.9 Å². The zero-order valence-corrected chi connectivity index (χ0v) is 18.7. The number of carbonyl (C=O) groups excluding carboxylic acids is 2. The minimum atomic E-state index is -3.32. The second-order valence-electron chi connectivity index (χ2n) is 8.46. The highest BCUT2D eigenvalue weighted by atomic mass is 32.2. The van der Waals surface area contributed by atoms with E-state index < -0.39 is 28.1 Å². The molecule has 0 aromatic heterocycles. The van der Waals surface area contributed by atoms with E-state index in [0.29, 0.717) is 32.2 Å². The second kappa shape index (κ2) is 10.2. The van der Waals surface area contributed by atoms with Crippen LogP contribution in [0.5, 0.6) is 0 Å². The molecule has 1 aliphatic carbocycles. The third-order valence-corrected chi connectivity index (χ3v) is 6.97. The van der Waals surface area contributed by atoms with Gasteiger partial charge in [-0.3, -0.25) is 4.79 Å². The molecule has 2 unspecified atom stereocenters. The van der Waals surface area contributed by atoms with Gasteiger partial charge >= 0.3 is 12.2 Å². The Labute approximate surface area is 187 Å². The van der Waals surface area contributed by atoms with Gasteiger partial charge in [0.2, 0.25) is 5.91 Å². The Balaban J connectivity index is 1.59. The first-order valence-electron chi connectivity index (χ1n) is 10.6. The lowest BCUT2D eigenvalue weighted by atomic mass is 9.81. The van der Waals surface area contributed by atoms with E-state index in [-0.39, 0.29) is 36.3 Å². The number of ether oxygens (including phenoxy) is 1. The number of amides is 3. The Kier molecular flexibility index (Phi) is 7.60. The normalized spacial score (nSPS) is 25.9. The van der Waals surface area contributed by atoms with Crippen molar-refractivity contribution < 1.29 is 32.6 Å². The van der Waals surface area contributed by atoms with E-state index in [1.165, 1.54) is 0 Å². The van der Waals surface area contributed by atoms with Gasteiger partial charge in [-0.05, 0) is 37.2 Å². The number of likely N-dealkylation sites (tertiary alicyclic amines) is 1. The van der Waals surface area contributed by atoms with Crippen LogP contribution in [0.4, 0.5) is 9.59 Å². The number of benzene rings is 1. The van der Waals surface area contributed by atoms with Crippen LogP contribution in [0, 0.1) is 5.92 Å². The van der Waals surface area contributed by atoms with Gasteiger partial charge in [-0.2, -0.15) is 0 Å². The van der Waals surface area contributed by atoms with Gasteiger partial charge in [0.05, 0.1) is 5.75 Å². The lowest BCUT2D eigenvalue weighted by molar-refractivity contribution is -0.133. The molecule has 3 amide bonds. The summed E-state index contributed by atoms with van der Waals surface area (Å²) >= 11 is 0. The fraction of sp³-hybridized carbons (Fsp3) is 0.571. The molecule has 2 aliphatic rings. The topological polar surface area (TPSA) is 142 Å². The summed E-state index contributed by atoms with van der Waals surface area (Å²) in [4.78, 5) is 37.8. The average Bonchev–Trinajstić information content (AvgIpc) is 3.06. The summed E-state index contributed by atoms with van der Waals surface area (Å²) in [6.07, 6.45) is 1.04. The molecule has 1 aromatic rings. The summed E-state index contributed by atoms with van der Waals surface area (Å²) in [6.45, 7) is 0.485. The maximum Gasteiger partial charge on any atom is 0.408 e. The second-order valence-corrected chi connectivity index (χ2v) is 10.6. The molecule has 11 heteroatoms. The molecule has 176 valence electrons. The number of carbonyl (C=O) groups is 3. The minimum absolute atomic E-state index is 0.0916. The van der Waals surface area contributed by atoms with Gasteiger partial charge in [0.15, 0.2) is 0 Å². The highest BCUT2D eigenvalue weighted by molar-refractivity contribution is 7.90. The standard InChI is InChI=1S/C21H29N3O7S/c1-32(29,30)13-15-11-16(22-20(26)27)7-8-18(15)24-10-9-17(19(24)25)23-21(28)31-12-14-5-3-2-4-6-14/h2-6,15-18,22H,7-13H2,1H3,(H,23,28)(H,26,27)/t15-,16?,17?,18-/m0/s1. The van der Waals surface area contributed by atoms with Crippen LogP contribution in [0.2, 0.25) is 0 Å². The predicted molar refractivity (Wildman–Crippen MR) is 116 cm³/mol. The number of carboxylic acid groups (broad SMARTS) is 1. The number of hydrogen-bond acceptors (Lipinski definition) is 6. The Morgan fingerprint density at radius 1 is 1.16 bits per heavy atom. The highest BCUT2D eigenvalue weighted by Gasteiger charge is 2.43. The third kappa shape index (κ3) is 6.59.